The molecule has 25 heavy (non-hydrogen) atoms. The van der Waals surface area contributed by atoms with Crippen molar-refractivity contribution in [1.29, 1.82) is 0 Å². The highest BCUT2D eigenvalue weighted by molar-refractivity contribution is 6.74. The van der Waals surface area contributed by atoms with Crippen molar-refractivity contribution in [2.24, 2.45) is 0 Å². The second-order valence-corrected chi connectivity index (χ2v) is 13.0. The number of allylic oxidation sites excluding steroid dienone is 3. The largest absolute Gasteiger partial charge is 0.417 e. The Kier molecular flexibility index (Phi) is 6.80. The maximum atomic E-state index is 6.20. The molecule has 0 radical (unpaired) electrons. The molecule has 0 bridgehead atoms. The minimum atomic E-state index is -1.59. The van der Waals surface area contributed by atoms with Crippen LogP contribution in [-0.4, -0.2) is 14.9 Å². The Bertz CT molecular complexity index is 735. The molecular weight excluding hydrogens is 320 g/mol. The number of fused-ring (bicyclic) bond motifs is 1. The molecule has 0 heterocycles. The molecule has 0 saturated carbocycles. The highest BCUT2D eigenvalue weighted by Gasteiger charge is 2.36. The van der Waals surface area contributed by atoms with Gasteiger partial charge in [-0.1, -0.05) is 81.5 Å². The maximum Gasteiger partial charge on any atom is 0.191 e. The fourth-order valence-corrected chi connectivity index (χ4v) is 3.49. The van der Waals surface area contributed by atoms with Crippen LogP contribution >= 0.6 is 0 Å². The molecular formula is C23H32OSi. The van der Waals surface area contributed by atoms with Crippen molar-refractivity contribution < 1.29 is 4.43 Å². The zero-order valence-electron chi connectivity index (χ0n) is 16.4. The summed E-state index contributed by atoms with van der Waals surface area (Å²) in [5.74, 6) is 0. The molecule has 0 spiro atoms. The van der Waals surface area contributed by atoms with Crippen molar-refractivity contribution in [2.45, 2.75) is 51.7 Å². The van der Waals surface area contributed by atoms with Gasteiger partial charge in [0.2, 0.25) is 0 Å². The summed E-state index contributed by atoms with van der Waals surface area (Å²) in [6.45, 7) is 12.4. The van der Waals surface area contributed by atoms with E-state index >= 15 is 0 Å². The average molecular weight is 353 g/mol. The molecule has 0 atom stereocenters. The van der Waals surface area contributed by atoms with E-state index in [0.717, 1.165) is 19.4 Å². The Hall–Kier alpha value is -1.64. The Morgan fingerprint density at radius 2 is 1.68 bits per heavy atom. The van der Waals surface area contributed by atoms with Gasteiger partial charge in [-0.3, -0.25) is 0 Å². The fraction of sp³-hybridized carbons (Fsp3) is 0.391. The van der Waals surface area contributed by atoms with Crippen LogP contribution in [0.4, 0.5) is 0 Å². The molecule has 0 aliphatic heterocycles. The molecule has 0 aliphatic carbocycles. The molecule has 2 heteroatoms. The van der Waals surface area contributed by atoms with E-state index in [1.165, 1.54) is 16.3 Å². The molecule has 0 aliphatic rings. The van der Waals surface area contributed by atoms with Crippen LogP contribution in [-0.2, 0) is 4.43 Å². The van der Waals surface area contributed by atoms with Crippen molar-refractivity contribution in [2.75, 3.05) is 6.61 Å². The first-order valence-electron chi connectivity index (χ1n) is 9.26. The number of unbranched alkanes of at least 4 members (excludes halogenated alkanes) is 1. The van der Waals surface area contributed by atoms with Crippen LogP contribution in [0, 0.1) is 0 Å². The molecule has 0 amide bonds. The summed E-state index contributed by atoms with van der Waals surface area (Å²) in [5.41, 5.74) is 1.24. The SMILES string of the molecule is CC(C)(C)[Si](C)(C)OCCC/C=C/C=C/c1ccc2ccccc2c1. The molecule has 0 unspecified atom stereocenters. The van der Waals surface area contributed by atoms with E-state index in [9.17, 15) is 0 Å². The number of hydrogen-bond acceptors (Lipinski definition) is 1. The lowest BCUT2D eigenvalue weighted by Gasteiger charge is -2.36. The van der Waals surface area contributed by atoms with E-state index in [4.69, 9.17) is 4.43 Å². The van der Waals surface area contributed by atoms with Crippen LogP contribution < -0.4 is 0 Å². The van der Waals surface area contributed by atoms with Gasteiger partial charge in [-0.05, 0) is 53.4 Å². The predicted octanol–water partition coefficient (Wildman–Crippen LogP) is 7.21. The summed E-state index contributed by atoms with van der Waals surface area (Å²) in [6.07, 6.45) is 10.8. The summed E-state index contributed by atoms with van der Waals surface area (Å²) in [7, 11) is -1.59. The zero-order valence-corrected chi connectivity index (χ0v) is 17.4. The van der Waals surface area contributed by atoms with Gasteiger partial charge >= 0.3 is 0 Å². The maximum absolute atomic E-state index is 6.20. The van der Waals surface area contributed by atoms with Crippen molar-refractivity contribution in [1.82, 2.24) is 0 Å². The highest BCUT2D eigenvalue weighted by atomic mass is 28.4. The normalized spacial score (nSPS) is 13.3. The smallest absolute Gasteiger partial charge is 0.191 e. The van der Waals surface area contributed by atoms with Crippen LogP contribution in [0.5, 0.6) is 0 Å². The molecule has 0 fully saturated rings. The van der Waals surface area contributed by atoms with E-state index in [2.05, 4.69) is 101 Å². The molecule has 134 valence electrons. The van der Waals surface area contributed by atoms with Crippen LogP contribution in [0.15, 0.2) is 60.7 Å². The Balaban J connectivity index is 1.74. The minimum absolute atomic E-state index is 0.297. The van der Waals surface area contributed by atoms with Crippen molar-refractivity contribution in [3.8, 4) is 0 Å². The van der Waals surface area contributed by atoms with Crippen molar-refractivity contribution in [3.05, 3.63) is 66.3 Å². The lowest BCUT2D eigenvalue weighted by molar-refractivity contribution is 0.283. The van der Waals surface area contributed by atoms with Gasteiger partial charge in [0.1, 0.15) is 0 Å². The van der Waals surface area contributed by atoms with Gasteiger partial charge in [0.25, 0.3) is 0 Å². The standard InChI is InChI=1S/C23H32OSi/c1-23(2,3)25(4,5)24-18-12-8-6-7-9-13-20-16-17-21-14-10-11-15-22(21)19-20/h6-7,9-11,13-17,19H,8,12,18H2,1-5H3/b7-6+,13-9+. The Morgan fingerprint density at radius 1 is 0.960 bits per heavy atom. The van der Waals surface area contributed by atoms with Gasteiger partial charge in [0.05, 0.1) is 0 Å². The van der Waals surface area contributed by atoms with Crippen LogP contribution in [0.25, 0.3) is 16.8 Å². The molecule has 1 nitrogen and oxygen atoms in total. The topological polar surface area (TPSA) is 9.23 Å². The van der Waals surface area contributed by atoms with Gasteiger partial charge in [-0.25, -0.2) is 0 Å². The van der Waals surface area contributed by atoms with E-state index in [1.54, 1.807) is 0 Å². The molecule has 0 aromatic heterocycles. The quantitative estimate of drug-likeness (QED) is 0.290. The van der Waals surface area contributed by atoms with Crippen molar-refractivity contribution >= 4 is 25.2 Å². The number of rotatable bonds is 7. The first-order chi connectivity index (χ1) is 11.8. The van der Waals surface area contributed by atoms with Crippen LogP contribution in [0.3, 0.4) is 0 Å². The fourth-order valence-electron chi connectivity index (χ4n) is 2.40. The van der Waals surface area contributed by atoms with Gasteiger partial charge in [0, 0.05) is 6.61 Å². The van der Waals surface area contributed by atoms with Gasteiger partial charge < -0.3 is 4.43 Å². The molecule has 0 N–H and O–H groups in total. The number of hydrogen-bond donors (Lipinski definition) is 0. The third kappa shape index (κ3) is 5.98. The third-order valence-corrected chi connectivity index (χ3v) is 9.63. The highest BCUT2D eigenvalue weighted by Crippen LogP contribution is 2.36. The van der Waals surface area contributed by atoms with Crippen molar-refractivity contribution in [3.63, 3.8) is 0 Å². The van der Waals surface area contributed by atoms with E-state index in [1.807, 2.05) is 0 Å². The first kappa shape index (κ1) is 19.7. The Morgan fingerprint density at radius 3 is 2.40 bits per heavy atom. The van der Waals surface area contributed by atoms with E-state index in [0.29, 0.717) is 5.04 Å². The molecule has 0 saturated heterocycles. The summed E-state index contributed by atoms with van der Waals surface area (Å²) >= 11 is 0. The minimum Gasteiger partial charge on any atom is -0.417 e. The number of benzene rings is 2. The zero-order chi connectivity index (χ0) is 18.3. The Labute approximate surface area is 154 Å². The molecule has 2 rings (SSSR count). The van der Waals surface area contributed by atoms with E-state index < -0.39 is 8.32 Å². The lowest BCUT2D eigenvalue weighted by Crippen LogP contribution is -2.40. The summed E-state index contributed by atoms with van der Waals surface area (Å²) in [4.78, 5) is 0. The summed E-state index contributed by atoms with van der Waals surface area (Å²) < 4.78 is 6.20. The predicted molar refractivity (Wildman–Crippen MR) is 115 cm³/mol. The van der Waals surface area contributed by atoms with E-state index in [-0.39, 0.29) is 0 Å². The van der Waals surface area contributed by atoms with Gasteiger partial charge in [-0.2, -0.15) is 0 Å². The average Bonchev–Trinajstić information content (AvgIpc) is 2.56. The van der Waals surface area contributed by atoms with Crippen LogP contribution in [0.1, 0.15) is 39.2 Å². The molecule has 2 aromatic rings. The lowest BCUT2D eigenvalue weighted by atomic mass is 10.1. The second-order valence-electron chi connectivity index (χ2n) is 8.14. The second kappa shape index (κ2) is 8.64. The third-order valence-electron chi connectivity index (χ3n) is 5.09. The van der Waals surface area contributed by atoms with Gasteiger partial charge in [0.15, 0.2) is 8.32 Å². The monoisotopic (exact) mass is 352 g/mol. The summed E-state index contributed by atoms with van der Waals surface area (Å²) in [6, 6.07) is 15.0. The first-order valence-corrected chi connectivity index (χ1v) is 12.2. The van der Waals surface area contributed by atoms with Crippen LogP contribution in [0.2, 0.25) is 18.1 Å². The summed E-state index contributed by atoms with van der Waals surface area (Å²) in [5, 5.41) is 2.87. The molecule has 2 aromatic carbocycles. The van der Waals surface area contributed by atoms with Gasteiger partial charge in [-0.15, -0.1) is 0 Å².